The summed E-state index contributed by atoms with van der Waals surface area (Å²) in [6, 6.07) is 0. The zero-order chi connectivity index (χ0) is 18.8. The van der Waals surface area contributed by atoms with Crippen molar-refractivity contribution in [2.75, 3.05) is 20.2 Å². The number of hydrogen-bond acceptors (Lipinski definition) is 3. The van der Waals surface area contributed by atoms with E-state index in [1.807, 2.05) is 11.8 Å². The van der Waals surface area contributed by atoms with Crippen LogP contribution in [0.25, 0.3) is 0 Å². The van der Waals surface area contributed by atoms with Crippen molar-refractivity contribution >= 4 is 11.9 Å². The lowest BCUT2D eigenvalue weighted by Gasteiger charge is -2.33. The molecule has 1 amide bonds. The first-order valence-electron chi connectivity index (χ1n) is 10.3. The molecule has 1 rings (SSSR count). The van der Waals surface area contributed by atoms with E-state index < -0.39 is 0 Å². The zero-order valence-electron chi connectivity index (χ0n) is 17.1. The minimum Gasteiger partial charge on any atom is -0.469 e. The van der Waals surface area contributed by atoms with Gasteiger partial charge in [-0.05, 0) is 43.9 Å². The molecular formula is C21H39NO3. The molecule has 0 aromatic rings. The van der Waals surface area contributed by atoms with Crippen LogP contribution >= 0.6 is 0 Å². The van der Waals surface area contributed by atoms with E-state index in [4.69, 9.17) is 4.74 Å². The number of nitrogens with zero attached hydrogens (tertiary/aromatic N) is 1. The van der Waals surface area contributed by atoms with E-state index in [1.54, 1.807) is 0 Å². The number of ether oxygens (including phenoxy) is 1. The van der Waals surface area contributed by atoms with Crippen LogP contribution in [0.15, 0.2) is 0 Å². The Balaban J connectivity index is 2.61. The molecular weight excluding hydrogens is 314 g/mol. The molecule has 0 aliphatic heterocycles. The standard InChI is InChI=1S/C21H39NO3/c1-6-7-8-18-9-11-19(12-10-18)20(23)22(14-13-16(2)3)15-17(4)21(24)25-5/h16-19H,6-15H2,1-5H3. The summed E-state index contributed by atoms with van der Waals surface area (Å²) in [5.74, 6) is 1.27. The third kappa shape index (κ3) is 7.79. The molecule has 0 radical (unpaired) electrons. The number of unbranched alkanes of at least 4 members (excludes halogenated alkanes) is 1. The third-order valence-corrected chi connectivity index (χ3v) is 5.55. The normalized spacial score (nSPS) is 21.8. The molecule has 0 spiro atoms. The maximum atomic E-state index is 13.1. The average Bonchev–Trinajstić information content (AvgIpc) is 2.62. The molecule has 1 atom stereocenters. The molecule has 1 aliphatic carbocycles. The molecule has 1 saturated carbocycles. The van der Waals surface area contributed by atoms with Crippen molar-refractivity contribution in [2.24, 2.45) is 23.7 Å². The van der Waals surface area contributed by atoms with Gasteiger partial charge in [0.05, 0.1) is 13.0 Å². The third-order valence-electron chi connectivity index (χ3n) is 5.55. The van der Waals surface area contributed by atoms with Crippen molar-refractivity contribution in [3.05, 3.63) is 0 Å². The molecule has 0 bridgehead atoms. The van der Waals surface area contributed by atoms with Crippen molar-refractivity contribution in [2.45, 2.75) is 79.1 Å². The Labute approximate surface area is 154 Å². The maximum absolute atomic E-state index is 13.1. The summed E-state index contributed by atoms with van der Waals surface area (Å²) in [4.78, 5) is 26.7. The summed E-state index contributed by atoms with van der Waals surface area (Å²) in [5.41, 5.74) is 0. The predicted octanol–water partition coefficient (Wildman–Crippen LogP) is 4.67. The topological polar surface area (TPSA) is 46.6 Å². The molecule has 25 heavy (non-hydrogen) atoms. The highest BCUT2D eigenvalue weighted by molar-refractivity contribution is 5.80. The van der Waals surface area contributed by atoms with Crippen LogP contribution in [0.3, 0.4) is 0 Å². The quantitative estimate of drug-likeness (QED) is 0.536. The van der Waals surface area contributed by atoms with Crippen LogP contribution < -0.4 is 0 Å². The van der Waals surface area contributed by atoms with E-state index in [0.29, 0.717) is 12.5 Å². The molecule has 146 valence electrons. The number of carbonyl (C=O) groups excluding carboxylic acids is 2. The van der Waals surface area contributed by atoms with E-state index in [0.717, 1.165) is 31.7 Å². The van der Waals surface area contributed by atoms with Gasteiger partial charge >= 0.3 is 5.97 Å². The van der Waals surface area contributed by atoms with Crippen LogP contribution in [-0.4, -0.2) is 37.0 Å². The highest BCUT2D eigenvalue weighted by Gasteiger charge is 2.30. The van der Waals surface area contributed by atoms with Crippen LogP contribution in [0.5, 0.6) is 0 Å². The molecule has 0 heterocycles. The number of methoxy groups -OCH3 is 1. The van der Waals surface area contributed by atoms with E-state index >= 15 is 0 Å². The molecule has 4 nitrogen and oxygen atoms in total. The highest BCUT2D eigenvalue weighted by Crippen LogP contribution is 2.33. The van der Waals surface area contributed by atoms with Gasteiger partial charge < -0.3 is 9.64 Å². The van der Waals surface area contributed by atoms with E-state index in [2.05, 4.69) is 20.8 Å². The Morgan fingerprint density at radius 2 is 1.76 bits per heavy atom. The van der Waals surface area contributed by atoms with Gasteiger partial charge in [0.2, 0.25) is 5.91 Å². The Bertz CT molecular complexity index is 400. The Hall–Kier alpha value is -1.06. The first kappa shape index (κ1) is 22.0. The fraction of sp³-hybridized carbons (Fsp3) is 0.905. The summed E-state index contributed by atoms with van der Waals surface area (Å²) < 4.78 is 4.84. The first-order chi connectivity index (χ1) is 11.9. The summed E-state index contributed by atoms with van der Waals surface area (Å²) in [7, 11) is 1.41. The predicted molar refractivity (Wildman–Crippen MR) is 102 cm³/mol. The first-order valence-corrected chi connectivity index (χ1v) is 10.3. The van der Waals surface area contributed by atoms with Crippen LogP contribution in [0.2, 0.25) is 0 Å². The largest absolute Gasteiger partial charge is 0.469 e. The SMILES string of the molecule is CCCCC1CCC(C(=O)N(CCC(C)C)CC(C)C(=O)OC)CC1. The van der Waals surface area contributed by atoms with E-state index in [1.165, 1.54) is 39.2 Å². The number of rotatable bonds is 10. The van der Waals surface area contributed by atoms with Crippen molar-refractivity contribution in [3.63, 3.8) is 0 Å². The summed E-state index contributed by atoms with van der Waals surface area (Å²) in [6.07, 6.45) is 9.24. The van der Waals surface area contributed by atoms with Crippen LogP contribution in [-0.2, 0) is 14.3 Å². The summed E-state index contributed by atoms with van der Waals surface area (Å²) >= 11 is 0. The molecule has 0 saturated heterocycles. The lowest BCUT2D eigenvalue weighted by atomic mass is 9.79. The second kappa shape index (κ2) is 11.5. The average molecular weight is 354 g/mol. The minimum atomic E-state index is -0.262. The number of carbonyl (C=O) groups is 2. The van der Waals surface area contributed by atoms with Gasteiger partial charge in [-0.1, -0.05) is 47.0 Å². The number of amides is 1. The maximum Gasteiger partial charge on any atom is 0.310 e. The number of hydrogen-bond donors (Lipinski definition) is 0. The monoisotopic (exact) mass is 353 g/mol. The molecule has 1 fully saturated rings. The smallest absolute Gasteiger partial charge is 0.310 e. The lowest BCUT2D eigenvalue weighted by molar-refractivity contribution is -0.147. The second-order valence-corrected chi connectivity index (χ2v) is 8.25. The van der Waals surface area contributed by atoms with Gasteiger partial charge in [-0.3, -0.25) is 9.59 Å². The van der Waals surface area contributed by atoms with Gasteiger partial charge in [-0.25, -0.2) is 0 Å². The molecule has 0 aromatic heterocycles. The van der Waals surface area contributed by atoms with Crippen LogP contribution in [0, 0.1) is 23.7 Å². The Morgan fingerprint density at radius 3 is 2.28 bits per heavy atom. The van der Waals surface area contributed by atoms with Gasteiger partial charge in [0.15, 0.2) is 0 Å². The second-order valence-electron chi connectivity index (χ2n) is 8.25. The van der Waals surface area contributed by atoms with E-state index in [-0.39, 0.29) is 23.7 Å². The summed E-state index contributed by atoms with van der Waals surface area (Å²) in [6.45, 7) is 9.66. The van der Waals surface area contributed by atoms with Crippen molar-refractivity contribution in [1.82, 2.24) is 4.90 Å². The van der Waals surface area contributed by atoms with Crippen molar-refractivity contribution in [3.8, 4) is 0 Å². The lowest BCUT2D eigenvalue weighted by Crippen LogP contribution is -2.42. The minimum absolute atomic E-state index is 0.148. The fourth-order valence-electron chi connectivity index (χ4n) is 3.76. The molecule has 1 aliphatic rings. The highest BCUT2D eigenvalue weighted by atomic mass is 16.5. The van der Waals surface area contributed by atoms with Crippen molar-refractivity contribution < 1.29 is 14.3 Å². The van der Waals surface area contributed by atoms with Crippen molar-refractivity contribution in [1.29, 1.82) is 0 Å². The van der Waals surface area contributed by atoms with E-state index in [9.17, 15) is 9.59 Å². The zero-order valence-corrected chi connectivity index (χ0v) is 17.1. The summed E-state index contributed by atoms with van der Waals surface area (Å²) in [5, 5.41) is 0. The van der Waals surface area contributed by atoms with Gasteiger partial charge in [-0.2, -0.15) is 0 Å². The Kier molecular flexibility index (Phi) is 10.1. The van der Waals surface area contributed by atoms with Gasteiger partial charge in [0.1, 0.15) is 0 Å². The van der Waals surface area contributed by atoms with Gasteiger partial charge in [0, 0.05) is 19.0 Å². The van der Waals surface area contributed by atoms with Crippen LogP contribution in [0.4, 0.5) is 0 Å². The van der Waals surface area contributed by atoms with Gasteiger partial charge in [0.25, 0.3) is 0 Å². The van der Waals surface area contributed by atoms with Gasteiger partial charge in [-0.15, -0.1) is 0 Å². The Morgan fingerprint density at radius 1 is 1.12 bits per heavy atom. The molecule has 0 N–H and O–H groups in total. The molecule has 1 unspecified atom stereocenters. The molecule has 0 aromatic carbocycles. The fourth-order valence-corrected chi connectivity index (χ4v) is 3.76. The number of esters is 1. The molecule has 4 heteroatoms. The van der Waals surface area contributed by atoms with Crippen LogP contribution in [0.1, 0.15) is 79.1 Å².